The van der Waals surface area contributed by atoms with Crippen LogP contribution in [0.1, 0.15) is 33.1 Å². The topological polar surface area (TPSA) is 67.9 Å². The van der Waals surface area contributed by atoms with E-state index in [4.69, 9.17) is 21.1 Å². The number of rotatable bonds is 8. The molecule has 0 saturated heterocycles. The predicted octanol–water partition coefficient (Wildman–Crippen LogP) is 4.41. The molecule has 0 aromatic heterocycles. The summed E-state index contributed by atoms with van der Waals surface area (Å²) < 4.78 is 10.6. The first kappa shape index (κ1) is 22.7. The van der Waals surface area contributed by atoms with Crippen LogP contribution in [-0.4, -0.2) is 37.5 Å². The van der Waals surface area contributed by atoms with Crippen LogP contribution in [0, 0.1) is 0 Å². The molecule has 0 aliphatic carbocycles. The Labute approximate surface area is 198 Å². The zero-order valence-electron chi connectivity index (χ0n) is 18.5. The van der Waals surface area contributed by atoms with E-state index in [9.17, 15) is 9.59 Å². The van der Waals surface area contributed by atoms with Crippen LogP contribution in [0.25, 0.3) is 0 Å². The standard InChI is InChI=1S/C26H25ClN2O4/c1-32-22-12-11-17(15-23(22)33-2)13-14-28-25(30)24-19-8-4-5-9-20(19)26(31)29(24)16-18-7-3-6-10-21(18)27/h3-12,15,24H,13-14,16H2,1-2H3,(H,28,30). The first-order valence-corrected chi connectivity index (χ1v) is 11.0. The highest BCUT2D eigenvalue weighted by Crippen LogP contribution is 2.36. The summed E-state index contributed by atoms with van der Waals surface area (Å²) in [5, 5.41) is 3.56. The van der Waals surface area contributed by atoms with Crippen molar-refractivity contribution >= 4 is 23.4 Å². The molecule has 33 heavy (non-hydrogen) atoms. The molecule has 1 aliphatic rings. The number of hydrogen-bond acceptors (Lipinski definition) is 4. The van der Waals surface area contributed by atoms with E-state index in [1.54, 1.807) is 31.3 Å². The average Bonchev–Trinajstić information content (AvgIpc) is 3.12. The molecule has 2 amide bonds. The van der Waals surface area contributed by atoms with Crippen molar-refractivity contribution in [1.82, 2.24) is 10.2 Å². The Morgan fingerprint density at radius 1 is 1.00 bits per heavy atom. The Hall–Kier alpha value is -3.51. The summed E-state index contributed by atoms with van der Waals surface area (Å²) in [7, 11) is 3.18. The van der Waals surface area contributed by atoms with E-state index >= 15 is 0 Å². The van der Waals surface area contributed by atoms with Crippen molar-refractivity contribution in [2.75, 3.05) is 20.8 Å². The number of nitrogens with zero attached hydrogens (tertiary/aromatic N) is 1. The van der Waals surface area contributed by atoms with Gasteiger partial charge in [-0.25, -0.2) is 0 Å². The number of carbonyl (C=O) groups is 2. The SMILES string of the molecule is COc1ccc(CCNC(=O)C2c3ccccc3C(=O)N2Cc2ccccc2Cl)cc1OC. The molecule has 4 rings (SSSR count). The van der Waals surface area contributed by atoms with E-state index in [0.717, 1.165) is 11.1 Å². The molecule has 0 radical (unpaired) electrons. The molecule has 0 bridgehead atoms. The lowest BCUT2D eigenvalue weighted by atomic mass is 10.0. The first-order chi connectivity index (χ1) is 16.0. The molecule has 170 valence electrons. The maximum absolute atomic E-state index is 13.3. The second kappa shape index (κ2) is 9.96. The summed E-state index contributed by atoms with van der Waals surface area (Å²) >= 11 is 6.33. The van der Waals surface area contributed by atoms with Crippen molar-refractivity contribution in [3.05, 3.63) is 94.0 Å². The molecule has 0 saturated carbocycles. The number of carbonyl (C=O) groups excluding carboxylic acids is 2. The van der Waals surface area contributed by atoms with Gasteiger partial charge in [0.05, 0.1) is 14.2 Å². The summed E-state index contributed by atoms with van der Waals surface area (Å²) in [5.74, 6) is 0.899. The predicted molar refractivity (Wildman–Crippen MR) is 127 cm³/mol. The summed E-state index contributed by atoms with van der Waals surface area (Å²) in [6, 6.07) is 19.5. The second-order valence-corrected chi connectivity index (χ2v) is 8.15. The monoisotopic (exact) mass is 464 g/mol. The number of fused-ring (bicyclic) bond motifs is 1. The van der Waals surface area contributed by atoms with E-state index in [0.29, 0.717) is 40.6 Å². The summed E-state index contributed by atoms with van der Waals surface area (Å²) in [6.45, 7) is 0.669. The minimum Gasteiger partial charge on any atom is -0.493 e. The van der Waals surface area contributed by atoms with Gasteiger partial charge >= 0.3 is 0 Å². The number of ether oxygens (including phenoxy) is 2. The summed E-state index contributed by atoms with van der Waals surface area (Å²) in [4.78, 5) is 28.0. The molecule has 1 aliphatic heterocycles. The quantitative estimate of drug-likeness (QED) is 0.536. The molecule has 0 spiro atoms. The molecular weight excluding hydrogens is 440 g/mol. The van der Waals surface area contributed by atoms with E-state index in [-0.39, 0.29) is 18.4 Å². The van der Waals surface area contributed by atoms with Crippen LogP contribution in [0.15, 0.2) is 66.7 Å². The van der Waals surface area contributed by atoms with Crippen molar-refractivity contribution < 1.29 is 19.1 Å². The lowest BCUT2D eigenvalue weighted by Gasteiger charge is -2.25. The number of nitrogens with one attached hydrogen (secondary N) is 1. The van der Waals surface area contributed by atoms with E-state index in [1.165, 1.54) is 0 Å². The highest BCUT2D eigenvalue weighted by Gasteiger charge is 2.40. The number of amides is 2. The fourth-order valence-corrected chi connectivity index (χ4v) is 4.28. The van der Waals surface area contributed by atoms with Gasteiger partial charge in [0.15, 0.2) is 11.5 Å². The smallest absolute Gasteiger partial charge is 0.255 e. The minimum atomic E-state index is -0.713. The first-order valence-electron chi connectivity index (χ1n) is 10.7. The van der Waals surface area contributed by atoms with Crippen molar-refractivity contribution in [3.8, 4) is 11.5 Å². The van der Waals surface area contributed by atoms with E-state index in [1.807, 2.05) is 54.6 Å². The number of methoxy groups -OCH3 is 2. The summed E-state index contributed by atoms with van der Waals surface area (Å²) in [5.41, 5.74) is 3.05. The molecule has 1 heterocycles. The third-order valence-corrected chi connectivity index (χ3v) is 6.13. The van der Waals surface area contributed by atoms with Gasteiger partial charge in [-0.05, 0) is 47.4 Å². The van der Waals surface area contributed by atoms with Crippen LogP contribution >= 0.6 is 11.6 Å². The Balaban J connectivity index is 1.50. The number of halogens is 1. The molecule has 1 N–H and O–H groups in total. The normalized spacial score (nSPS) is 14.7. The van der Waals surface area contributed by atoms with Crippen LogP contribution in [0.5, 0.6) is 11.5 Å². The lowest BCUT2D eigenvalue weighted by Crippen LogP contribution is -2.39. The number of hydrogen-bond donors (Lipinski definition) is 1. The Kier molecular flexibility index (Phi) is 6.84. The minimum absolute atomic E-state index is 0.175. The van der Waals surface area contributed by atoms with Gasteiger partial charge < -0.3 is 19.7 Å². The largest absolute Gasteiger partial charge is 0.493 e. The van der Waals surface area contributed by atoms with Crippen LogP contribution in [0.4, 0.5) is 0 Å². The van der Waals surface area contributed by atoms with E-state index in [2.05, 4.69) is 5.32 Å². The van der Waals surface area contributed by atoms with Crippen LogP contribution in [0.2, 0.25) is 5.02 Å². The molecule has 3 aromatic carbocycles. The zero-order valence-corrected chi connectivity index (χ0v) is 19.3. The van der Waals surface area contributed by atoms with Crippen molar-refractivity contribution in [1.29, 1.82) is 0 Å². The highest BCUT2D eigenvalue weighted by molar-refractivity contribution is 6.31. The second-order valence-electron chi connectivity index (χ2n) is 7.74. The van der Waals surface area contributed by atoms with Crippen molar-refractivity contribution in [3.63, 3.8) is 0 Å². The van der Waals surface area contributed by atoms with Gasteiger partial charge in [0.1, 0.15) is 6.04 Å². The maximum atomic E-state index is 13.3. The van der Waals surface area contributed by atoms with Gasteiger partial charge in [-0.2, -0.15) is 0 Å². The van der Waals surface area contributed by atoms with Gasteiger partial charge in [-0.15, -0.1) is 0 Å². The highest BCUT2D eigenvalue weighted by atomic mass is 35.5. The van der Waals surface area contributed by atoms with Gasteiger partial charge in [0.25, 0.3) is 5.91 Å². The van der Waals surface area contributed by atoms with Crippen LogP contribution < -0.4 is 14.8 Å². The fourth-order valence-electron chi connectivity index (χ4n) is 4.09. The van der Waals surface area contributed by atoms with E-state index < -0.39 is 6.04 Å². The average molecular weight is 465 g/mol. The number of benzene rings is 3. The molecule has 1 unspecified atom stereocenters. The molecule has 7 heteroatoms. The van der Waals surface area contributed by atoms with Gasteiger partial charge in [-0.3, -0.25) is 9.59 Å². The molecular formula is C26H25ClN2O4. The summed E-state index contributed by atoms with van der Waals surface area (Å²) in [6.07, 6.45) is 0.610. The van der Waals surface area contributed by atoms with Crippen molar-refractivity contribution in [2.45, 2.75) is 19.0 Å². The van der Waals surface area contributed by atoms with Crippen LogP contribution in [-0.2, 0) is 17.8 Å². The van der Waals surface area contributed by atoms with Crippen LogP contribution in [0.3, 0.4) is 0 Å². The molecule has 1 atom stereocenters. The van der Waals surface area contributed by atoms with Gasteiger partial charge in [0.2, 0.25) is 5.91 Å². The maximum Gasteiger partial charge on any atom is 0.255 e. The van der Waals surface area contributed by atoms with Gasteiger partial charge in [-0.1, -0.05) is 54.1 Å². The van der Waals surface area contributed by atoms with Gasteiger partial charge in [0, 0.05) is 23.7 Å². The van der Waals surface area contributed by atoms with Crippen molar-refractivity contribution in [2.24, 2.45) is 0 Å². The Bertz CT molecular complexity index is 1180. The lowest BCUT2D eigenvalue weighted by molar-refractivity contribution is -0.125. The zero-order chi connectivity index (χ0) is 23.4. The Morgan fingerprint density at radius 3 is 2.48 bits per heavy atom. The third-order valence-electron chi connectivity index (χ3n) is 5.77. The fraction of sp³-hybridized carbons (Fsp3) is 0.231. The molecule has 3 aromatic rings. The third kappa shape index (κ3) is 4.66. The molecule has 6 nitrogen and oxygen atoms in total. The Morgan fingerprint density at radius 2 is 1.73 bits per heavy atom. The molecule has 0 fully saturated rings.